The van der Waals surface area contributed by atoms with Gasteiger partial charge in [0.1, 0.15) is 12.1 Å². The Morgan fingerprint density at radius 3 is 2.21 bits per heavy atom. The highest BCUT2D eigenvalue weighted by molar-refractivity contribution is 5.91. The predicted octanol–water partition coefficient (Wildman–Crippen LogP) is 3.71. The standard InChI is InChI=1S/C41H59N7O5.C2H4O2/c1-27-19-32(42)20-28(2)48(27)38(50)23-31(21-29-11-5-3-6-12-29)40(52)47-36(24-34-25-43-26-45-34)41(53)46-35(22-30-13-7-4-8-14-30)39(51)37(49)17-16-33-15-9-10-18-44-33;1-2(3)4/h3,5-6,9-12,15,18,25-28,30-32,35-37,39,49,51H,4,7-8,13-14,16-17,19-24,42H2,1-2H3,(H,43,45)(H,46,53)(H,47,52);1H3,(H,3,4)/t27?,28?,31-,32?,35+,36+,37+,39-;/m1./s1. The van der Waals surface area contributed by atoms with Gasteiger partial charge in [-0.15, -0.1) is 0 Å². The summed E-state index contributed by atoms with van der Waals surface area (Å²) in [5.74, 6) is -2.27. The van der Waals surface area contributed by atoms with Gasteiger partial charge in [-0.25, -0.2) is 4.98 Å². The number of amides is 3. The lowest BCUT2D eigenvalue weighted by Gasteiger charge is -2.42. The average Bonchev–Trinajstić information content (AvgIpc) is 3.70. The highest BCUT2D eigenvalue weighted by Gasteiger charge is 2.37. The third-order valence-corrected chi connectivity index (χ3v) is 11.1. The number of aryl methyl sites for hydroxylation is 1. The van der Waals surface area contributed by atoms with Crippen LogP contribution in [0.25, 0.3) is 0 Å². The predicted molar refractivity (Wildman–Crippen MR) is 216 cm³/mol. The van der Waals surface area contributed by atoms with E-state index in [9.17, 15) is 24.6 Å². The van der Waals surface area contributed by atoms with Crippen LogP contribution >= 0.6 is 0 Å². The van der Waals surface area contributed by atoms with Gasteiger partial charge in [0.05, 0.1) is 24.4 Å². The van der Waals surface area contributed by atoms with Gasteiger partial charge in [0.25, 0.3) is 5.97 Å². The summed E-state index contributed by atoms with van der Waals surface area (Å²) in [4.78, 5) is 64.8. The zero-order chi connectivity index (χ0) is 41.3. The lowest BCUT2D eigenvalue weighted by atomic mass is 9.82. The molecule has 0 spiro atoms. The number of piperidine rings is 1. The number of likely N-dealkylation sites (tertiary alicyclic amines) is 1. The highest BCUT2D eigenvalue weighted by atomic mass is 16.4. The van der Waals surface area contributed by atoms with Crippen LogP contribution in [0.2, 0.25) is 0 Å². The number of aliphatic carboxylic acids is 1. The fourth-order valence-electron chi connectivity index (χ4n) is 8.34. The number of benzene rings is 1. The van der Waals surface area contributed by atoms with Crippen LogP contribution in [-0.4, -0.2) is 101 Å². The Bertz CT molecular complexity index is 1640. The first-order chi connectivity index (χ1) is 27.3. The van der Waals surface area contributed by atoms with E-state index in [0.717, 1.165) is 50.3 Å². The number of aliphatic hydroxyl groups excluding tert-OH is 2. The van der Waals surface area contributed by atoms with E-state index >= 15 is 0 Å². The van der Waals surface area contributed by atoms with E-state index in [-0.39, 0.29) is 43.3 Å². The number of rotatable bonds is 17. The molecule has 3 heterocycles. The van der Waals surface area contributed by atoms with Crippen molar-refractivity contribution < 1.29 is 34.5 Å². The van der Waals surface area contributed by atoms with Gasteiger partial charge in [-0.05, 0) is 76.0 Å². The van der Waals surface area contributed by atoms with E-state index in [4.69, 9.17) is 15.6 Å². The molecule has 0 bridgehead atoms. The van der Waals surface area contributed by atoms with Gasteiger partial charge in [0, 0.05) is 61.7 Å². The molecule has 7 atom stereocenters. The Balaban J connectivity index is 0.00000172. The molecule has 312 valence electrons. The number of nitrogens with zero attached hydrogens (tertiary/aromatic N) is 3. The number of nitrogens with two attached hydrogens (primary N) is 1. The largest absolute Gasteiger partial charge is 0.481 e. The minimum Gasteiger partial charge on any atom is -0.481 e. The summed E-state index contributed by atoms with van der Waals surface area (Å²) in [7, 11) is 0. The molecular weight excluding hydrogens is 727 g/mol. The molecule has 2 fully saturated rings. The van der Waals surface area contributed by atoms with E-state index in [2.05, 4.69) is 25.6 Å². The maximum atomic E-state index is 14.3. The van der Waals surface area contributed by atoms with Crippen LogP contribution in [0.5, 0.6) is 0 Å². The highest BCUT2D eigenvalue weighted by Crippen LogP contribution is 2.29. The monoisotopic (exact) mass is 789 g/mol. The second kappa shape index (κ2) is 22.9. The minimum absolute atomic E-state index is 0.0193. The molecule has 3 amide bonds. The van der Waals surface area contributed by atoms with Crippen molar-refractivity contribution in [1.82, 2.24) is 30.5 Å². The molecule has 3 aromatic rings. The summed E-state index contributed by atoms with van der Waals surface area (Å²) < 4.78 is 0. The fourth-order valence-corrected chi connectivity index (χ4v) is 8.34. The van der Waals surface area contributed by atoms with Gasteiger partial charge < -0.3 is 41.6 Å². The topological polar surface area (TPSA) is 224 Å². The summed E-state index contributed by atoms with van der Waals surface area (Å²) in [6.07, 6.45) is 10.9. The van der Waals surface area contributed by atoms with Crippen molar-refractivity contribution in [2.45, 2.75) is 147 Å². The number of carboxylic acid groups (broad SMARTS) is 1. The first kappa shape index (κ1) is 45.0. The number of hydrogen-bond acceptors (Lipinski definition) is 9. The zero-order valence-corrected chi connectivity index (χ0v) is 33.6. The maximum Gasteiger partial charge on any atom is 0.300 e. The van der Waals surface area contributed by atoms with Gasteiger partial charge in [-0.3, -0.25) is 24.2 Å². The number of carbonyl (C=O) groups is 4. The zero-order valence-electron chi connectivity index (χ0n) is 33.6. The van der Waals surface area contributed by atoms with Crippen molar-refractivity contribution in [3.63, 3.8) is 0 Å². The summed E-state index contributed by atoms with van der Waals surface area (Å²) in [6, 6.07) is 13.3. The van der Waals surface area contributed by atoms with Crippen molar-refractivity contribution >= 4 is 23.7 Å². The number of aromatic nitrogens is 3. The Kier molecular flexibility index (Phi) is 18.1. The van der Waals surface area contributed by atoms with Crippen molar-refractivity contribution in [3.05, 3.63) is 84.2 Å². The van der Waals surface area contributed by atoms with Crippen LogP contribution < -0.4 is 16.4 Å². The van der Waals surface area contributed by atoms with E-state index in [1.807, 2.05) is 67.3 Å². The van der Waals surface area contributed by atoms with E-state index in [1.165, 1.54) is 6.33 Å². The summed E-state index contributed by atoms with van der Waals surface area (Å²) >= 11 is 0. The van der Waals surface area contributed by atoms with E-state index in [0.29, 0.717) is 43.7 Å². The number of pyridine rings is 1. The summed E-state index contributed by atoms with van der Waals surface area (Å²) in [5.41, 5.74) is 8.62. The van der Waals surface area contributed by atoms with Crippen molar-refractivity contribution in [1.29, 1.82) is 0 Å². The van der Waals surface area contributed by atoms with Crippen LogP contribution in [-0.2, 0) is 38.4 Å². The van der Waals surface area contributed by atoms with Crippen molar-refractivity contribution in [3.8, 4) is 0 Å². The van der Waals surface area contributed by atoms with Crippen LogP contribution in [0.15, 0.2) is 67.3 Å². The van der Waals surface area contributed by atoms with Crippen molar-refractivity contribution in [2.75, 3.05) is 0 Å². The number of carboxylic acids is 1. The second-order valence-electron chi connectivity index (χ2n) is 16.0. The first-order valence-electron chi connectivity index (χ1n) is 20.4. The number of aliphatic hydroxyl groups is 2. The number of nitrogens with one attached hydrogen (secondary N) is 3. The van der Waals surface area contributed by atoms with Crippen LogP contribution in [0.3, 0.4) is 0 Å². The SMILES string of the molecule is CC(=O)O.CC1CC(N)CC(C)N1C(=O)C[C@@H](Cc1ccccc1)C(=O)N[C@@H](Cc1cnc[nH]1)C(=O)N[C@@H](CC1CCCCC1)[C@@H](O)[C@@H](O)CCc1ccccn1. The number of carbonyl (C=O) groups excluding carboxylic acids is 3. The summed E-state index contributed by atoms with van der Waals surface area (Å²) in [5, 5.41) is 36.2. The average molecular weight is 790 g/mol. The Labute approximate surface area is 336 Å². The lowest BCUT2D eigenvalue weighted by molar-refractivity contribution is -0.142. The molecule has 1 aromatic carbocycles. The Hall–Kier alpha value is -4.66. The molecule has 8 N–H and O–H groups in total. The van der Waals surface area contributed by atoms with E-state index in [1.54, 1.807) is 12.4 Å². The normalized spacial score (nSPS) is 21.2. The third kappa shape index (κ3) is 15.0. The number of imidazole rings is 1. The first-order valence-corrected chi connectivity index (χ1v) is 20.4. The van der Waals surface area contributed by atoms with Crippen LogP contribution in [0.4, 0.5) is 0 Å². The molecule has 2 aliphatic rings. The molecule has 0 radical (unpaired) electrons. The maximum absolute atomic E-state index is 14.3. The number of hydrogen-bond donors (Lipinski definition) is 7. The Morgan fingerprint density at radius 1 is 0.930 bits per heavy atom. The molecule has 1 aliphatic carbocycles. The van der Waals surface area contributed by atoms with Crippen LogP contribution in [0.1, 0.15) is 102 Å². The smallest absolute Gasteiger partial charge is 0.300 e. The fraction of sp³-hybridized carbons (Fsp3) is 0.581. The molecule has 1 aliphatic heterocycles. The van der Waals surface area contributed by atoms with Gasteiger partial charge >= 0.3 is 0 Å². The molecule has 2 aromatic heterocycles. The molecule has 1 saturated heterocycles. The minimum atomic E-state index is -1.22. The molecule has 57 heavy (non-hydrogen) atoms. The molecule has 14 nitrogen and oxygen atoms in total. The Morgan fingerprint density at radius 2 is 1.60 bits per heavy atom. The van der Waals surface area contributed by atoms with Gasteiger partial charge in [0.2, 0.25) is 17.7 Å². The lowest BCUT2D eigenvalue weighted by Crippen LogP contribution is -2.57. The van der Waals surface area contributed by atoms with Crippen LogP contribution in [0, 0.1) is 11.8 Å². The summed E-state index contributed by atoms with van der Waals surface area (Å²) in [6.45, 7) is 5.08. The quantitative estimate of drug-likeness (QED) is 0.105. The van der Waals surface area contributed by atoms with Crippen molar-refractivity contribution in [2.24, 2.45) is 17.6 Å². The number of aromatic amines is 1. The third-order valence-electron chi connectivity index (χ3n) is 11.1. The van der Waals surface area contributed by atoms with Gasteiger partial charge in [-0.1, -0.05) is 68.5 Å². The van der Waals surface area contributed by atoms with Gasteiger partial charge in [-0.2, -0.15) is 0 Å². The number of H-pyrrole nitrogens is 1. The molecular formula is C43H63N7O7. The molecule has 14 heteroatoms. The second-order valence-corrected chi connectivity index (χ2v) is 16.0. The van der Waals surface area contributed by atoms with Gasteiger partial charge in [0.15, 0.2) is 0 Å². The van der Waals surface area contributed by atoms with E-state index < -0.39 is 48.0 Å². The molecule has 5 rings (SSSR count). The molecule has 1 saturated carbocycles. The molecule has 2 unspecified atom stereocenters.